The molecule has 0 unspecified atom stereocenters. The molecule has 0 saturated carbocycles. The molecule has 6 rings (SSSR count). The summed E-state index contributed by atoms with van der Waals surface area (Å²) in [5.41, 5.74) is 1.78. The summed E-state index contributed by atoms with van der Waals surface area (Å²) in [7, 11) is 0.983. The van der Waals surface area contributed by atoms with Crippen LogP contribution in [0.3, 0.4) is 0 Å². The molecule has 2 aliphatic rings. The van der Waals surface area contributed by atoms with Crippen LogP contribution in [0, 0.1) is 0 Å². The molecule has 1 aromatic carbocycles. The number of fused-ring (bicyclic) bond motifs is 2. The molecule has 11 nitrogen and oxygen atoms in total. The lowest BCUT2D eigenvalue weighted by atomic mass is 9.82. The zero-order valence-corrected chi connectivity index (χ0v) is 21.3. The highest BCUT2D eigenvalue weighted by atomic mass is 19.3. The third-order valence-corrected chi connectivity index (χ3v) is 7.41. The van der Waals surface area contributed by atoms with Gasteiger partial charge < -0.3 is 28.8 Å². The van der Waals surface area contributed by atoms with Crippen LogP contribution >= 0.6 is 0 Å². The number of morpholine rings is 1. The normalized spacial score (nSPS) is 17.7. The molecule has 0 spiro atoms. The van der Waals surface area contributed by atoms with Crippen LogP contribution < -0.4 is 9.64 Å². The molecular weight excluding hydrogens is 497 g/mol. The topological polar surface area (TPSA) is 107 Å². The largest absolute Gasteiger partial charge is 0.494 e. The van der Waals surface area contributed by atoms with E-state index in [9.17, 15) is 13.8 Å². The number of anilines is 1. The van der Waals surface area contributed by atoms with Gasteiger partial charge in [-0.3, -0.25) is 4.57 Å². The van der Waals surface area contributed by atoms with Gasteiger partial charge in [0.25, 0.3) is 6.43 Å². The van der Waals surface area contributed by atoms with E-state index < -0.39 is 19.3 Å². The maximum Gasteiger partial charge on any atom is 0.376 e. The number of para-hydroxylation sites is 1. The van der Waals surface area contributed by atoms with Crippen LogP contribution in [-0.4, -0.2) is 92.5 Å². The van der Waals surface area contributed by atoms with Gasteiger partial charge in [0.1, 0.15) is 11.3 Å². The van der Waals surface area contributed by atoms with E-state index in [0.717, 1.165) is 25.9 Å². The SMILES string of the molecule is COc1cccc2c1nc(C(F)F)n2-c1nc(N2CCOCC2)nc2c1ncn2C1CCN(B(C)O)CC1. The van der Waals surface area contributed by atoms with Crippen molar-refractivity contribution in [2.75, 3.05) is 51.4 Å². The van der Waals surface area contributed by atoms with Crippen molar-refractivity contribution in [2.45, 2.75) is 32.1 Å². The average Bonchev–Trinajstić information content (AvgIpc) is 3.55. The molecule has 2 saturated heterocycles. The van der Waals surface area contributed by atoms with Gasteiger partial charge in [0.05, 0.1) is 32.2 Å². The Hall–Kier alpha value is -3.36. The second-order valence-corrected chi connectivity index (χ2v) is 9.60. The first-order chi connectivity index (χ1) is 18.5. The van der Waals surface area contributed by atoms with Gasteiger partial charge in [0, 0.05) is 19.1 Å². The second-order valence-electron chi connectivity index (χ2n) is 9.60. The van der Waals surface area contributed by atoms with Crippen molar-refractivity contribution in [2.24, 2.45) is 0 Å². The smallest absolute Gasteiger partial charge is 0.376 e. The molecule has 5 heterocycles. The van der Waals surface area contributed by atoms with E-state index in [-0.39, 0.29) is 11.9 Å². The van der Waals surface area contributed by atoms with Crippen LogP contribution in [-0.2, 0) is 4.74 Å². The highest BCUT2D eigenvalue weighted by Crippen LogP contribution is 2.35. The number of benzene rings is 1. The minimum atomic E-state index is -2.85. The van der Waals surface area contributed by atoms with E-state index in [1.165, 1.54) is 11.7 Å². The number of hydrogen-bond acceptors (Lipinski definition) is 9. The Labute approximate surface area is 218 Å². The molecule has 2 fully saturated rings. The number of aromatic nitrogens is 6. The zero-order chi connectivity index (χ0) is 26.4. The molecule has 0 amide bonds. The minimum Gasteiger partial charge on any atom is -0.494 e. The maximum atomic E-state index is 14.4. The van der Waals surface area contributed by atoms with Crippen molar-refractivity contribution in [1.29, 1.82) is 0 Å². The molecule has 200 valence electrons. The minimum absolute atomic E-state index is 0.101. The fourth-order valence-electron chi connectivity index (χ4n) is 5.38. The number of alkyl halides is 2. The van der Waals surface area contributed by atoms with Crippen LogP contribution in [0.5, 0.6) is 5.75 Å². The first kappa shape index (κ1) is 25.0. The summed E-state index contributed by atoms with van der Waals surface area (Å²) in [5, 5.41) is 9.97. The summed E-state index contributed by atoms with van der Waals surface area (Å²) in [4.78, 5) is 22.6. The molecule has 4 aromatic rings. The van der Waals surface area contributed by atoms with Gasteiger partial charge in [-0.15, -0.1) is 0 Å². The predicted octanol–water partition coefficient (Wildman–Crippen LogP) is 2.70. The Bertz CT molecular complexity index is 1450. The molecule has 0 bridgehead atoms. The maximum absolute atomic E-state index is 14.4. The Morgan fingerprint density at radius 1 is 1.08 bits per heavy atom. The number of nitrogens with zero attached hydrogens (tertiary/aromatic N) is 8. The summed E-state index contributed by atoms with van der Waals surface area (Å²) in [5.74, 6) is 0.654. The van der Waals surface area contributed by atoms with E-state index in [1.54, 1.807) is 31.3 Å². The van der Waals surface area contributed by atoms with Gasteiger partial charge in [0.2, 0.25) is 5.95 Å². The lowest BCUT2D eigenvalue weighted by molar-refractivity contribution is 0.122. The van der Waals surface area contributed by atoms with Gasteiger partial charge in [0.15, 0.2) is 22.8 Å². The van der Waals surface area contributed by atoms with E-state index >= 15 is 0 Å². The Balaban J connectivity index is 1.55. The Morgan fingerprint density at radius 3 is 2.53 bits per heavy atom. The summed E-state index contributed by atoms with van der Waals surface area (Å²) < 4.78 is 43.1. The third-order valence-electron chi connectivity index (χ3n) is 7.41. The van der Waals surface area contributed by atoms with Crippen molar-refractivity contribution >= 4 is 35.2 Å². The van der Waals surface area contributed by atoms with Crippen molar-refractivity contribution in [3.05, 3.63) is 30.4 Å². The average molecular weight is 526 g/mol. The van der Waals surface area contributed by atoms with Crippen LogP contribution in [0.15, 0.2) is 24.5 Å². The van der Waals surface area contributed by atoms with Crippen LogP contribution in [0.2, 0.25) is 6.82 Å². The van der Waals surface area contributed by atoms with E-state index in [2.05, 4.69) is 9.97 Å². The number of rotatable bonds is 6. The fraction of sp³-hybridized carbons (Fsp3) is 0.500. The quantitative estimate of drug-likeness (QED) is 0.380. The number of piperidine rings is 1. The van der Waals surface area contributed by atoms with E-state index in [1.807, 2.05) is 14.3 Å². The summed E-state index contributed by atoms with van der Waals surface area (Å²) >= 11 is 0. The summed E-state index contributed by atoms with van der Waals surface area (Å²) in [6, 6.07) is 5.26. The van der Waals surface area contributed by atoms with E-state index in [4.69, 9.17) is 19.4 Å². The molecule has 2 aliphatic heterocycles. The number of imidazole rings is 2. The van der Waals surface area contributed by atoms with Gasteiger partial charge in [-0.1, -0.05) is 6.07 Å². The molecule has 0 atom stereocenters. The molecule has 14 heteroatoms. The van der Waals surface area contributed by atoms with Crippen LogP contribution in [0.4, 0.5) is 14.7 Å². The molecule has 1 N–H and O–H groups in total. The number of methoxy groups -OCH3 is 1. The van der Waals surface area contributed by atoms with Crippen molar-refractivity contribution in [3.8, 4) is 11.6 Å². The number of ether oxygens (including phenoxy) is 2. The second kappa shape index (κ2) is 10.1. The zero-order valence-electron chi connectivity index (χ0n) is 21.3. The van der Waals surface area contributed by atoms with Crippen molar-refractivity contribution < 1.29 is 23.3 Å². The number of hydrogen-bond donors (Lipinski definition) is 1. The lowest BCUT2D eigenvalue weighted by Gasteiger charge is -2.33. The molecule has 0 aliphatic carbocycles. The molecule has 0 radical (unpaired) electrons. The lowest BCUT2D eigenvalue weighted by Crippen LogP contribution is -2.43. The first-order valence-electron chi connectivity index (χ1n) is 12.8. The van der Waals surface area contributed by atoms with Gasteiger partial charge in [-0.05, 0) is 44.9 Å². The summed E-state index contributed by atoms with van der Waals surface area (Å²) in [6.07, 6.45) is 0.471. The number of halogens is 2. The molecule has 38 heavy (non-hydrogen) atoms. The van der Waals surface area contributed by atoms with Crippen LogP contribution in [0.1, 0.15) is 31.1 Å². The molecular formula is C24H29BF2N8O3. The van der Waals surface area contributed by atoms with Gasteiger partial charge in [-0.2, -0.15) is 9.97 Å². The third kappa shape index (κ3) is 4.26. The van der Waals surface area contributed by atoms with Crippen molar-refractivity contribution in [3.63, 3.8) is 0 Å². The summed E-state index contributed by atoms with van der Waals surface area (Å²) in [6.45, 7) is 5.47. The van der Waals surface area contributed by atoms with Gasteiger partial charge >= 0.3 is 7.05 Å². The fourth-order valence-corrected chi connectivity index (χ4v) is 5.38. The Kier molecular flexibility index (Phi) is 6.62. The standard InChI is InChI=1S/C24H29BF2N8O3/c1-25(36)33-8-6-15(7-9-33)34-14-28-19-21(34)30-24(32-10-12-38-13-11-32)31-22(19)35-16-4-3-5-17(37-2)18(16)29-23(35)20(26)27/h3-5,14-15,20,36H,6-13H2,1-2H3. The monoisotopic (exact) mass is 526 g/mol. The highest BCUT2D eigenvalue weighted by molar-refractivity contribution is 6.45. The highest BCUT2D eigenvalue weighted by Gasteiger charge is 2.30. The van der Waals surface area contributed by atoms with E-state index in [0.29, 0.717) is 60.2 Å². The van der Waals surface area contributed by atoms with Gasteiger partial charge in [-0.25, -0.2) is 18.7 Å². The van der Waals surface area contributed by atoms with Crippen LogP contribution in [0.25, 0.3) is 28.0 Å². The van der Waals surface area contributed by atoms with Crippen molar-refractivity contribution in [1.82, 2.24) is 33.9 Å². The Morgan fingerprint density at radius 2 is 1.84 bits per heavy atom. The molecule has 3 aromatic heterocycles. The predicted molar refractivity (Wildman–Crippen MR) is 138 cm³/mol. The first-order valence-corrected chi connectivity index (χ1v) is 12.8.